The van der Waals surface area contributed by atoms with Gasteiger partial charge in [-0.1, -0.05) is 6.92 Å². The van der Waals surface area contributed by atoms with Gasteiger partial charge in [0, 0.05) is 19.5 Å². The highest BCUT2D eigenvalue weighted by Gasteiger charge is 2.49. The van der Waals surface area contributed by atoms with Crippen LogP contribution in [0.2, 0.25) is 0 Å². The number of amides is 1. The van der Waals surface area contributed by atoms with Gasteiger partial charge >= 0.3 is 0 Å². The molecule has 3 rings (SSSR count). The zero-order valence-corrected chi connectivity index (χ0v) is 11.4. The zero-order chi connectivity index (χ0) is 13.6. The van der Waals surface area contributed by atoms with E-state index in [0.717, 1.165) is 32.2 Å². The highest BCUT2D eigenvalue weighted by molar-refractivity contribution is 5.92. The molecule has 1 aromatic heterocycles. The lowest BCUT2D eigenvalue weighted by atomic mass is 9.71. The van der Waals surface area contributed by atoms with Crippen molar-refractivity contribution < 1.29 is 14.3 Å². The van der Waals surface area contributed by atoms with Crippen molar-refractivity contribution in [2.75, 3.05) is 6.54 Å². The predicted molar refractivity (Wildman–Crippen MR) is 68.6 cm³/mol. The largest absolute Gasteiger partial charge is 0.448 e. The van der Waals surface area contributed by atoms with E-state index >= 15 is 0 Å². The Balaban J connectivity index is 1.81. The molecule has 5 heteroatoms. The van der Waals surface area contributed by atoms with Crippen molar-refractivity contribution in [3.63, 3.8) is 0 Å². The molecule has 1 aromatic rings. The summed E-state index contributed by atoms with van der Waals surface area (Å²) >= 11 is 0. The quantitative estimate of drug-likeness (QED) is 0.839. The van der Waals surface area contributed by atoms with E-state index in [1.54, 1.807) is 6.92 Å². The third-order valence-corrected chi connectivity index (χ3v) is 4.68. The Morgan fingerprint density at radius 1 is 1.58 bits per heavy atom. The number of fused-ring (bicyclic) bond motifs is 1. The molecule has 3 atom stereocenters. The van der Waals surface area contributed by atoms with Crippen molar-refractivity contribution in [3.8, 4) is 0 Å². The van der Waals surface area contributed by atoms with Crippen LogP contribution in [0.1, 0.15) is 49.0 Å². The van der Waals surface area contributed by atoms with Gasteiger partial charge in [0.05, 0.1) is 6.10 Å². The van der Waals surface area contributed by atoms with Crippen LogP contribution in [0.3, 0.4) is 0 Å². The van der Waals surface area contributed by atoms with E-state index in [0.29, 0.717) is 11.6 Å². The van der Waals surface area contributed by atoms with Crippen molar-refractivity contribution in [2.24, 2.45) is 5.41 Å². The summed E-state index contributed by atoms with van der Waals surface area (Å²) in [6.45, 7) is 4.67. The van der Waals surface area contributed by atoms with Crippen LogP contribution in [-0.4, -0.2) is 39.6 Å². The summed E-state index contributed by atoms with van der Waals surface area (Å²) in [5, 5.41) is 9.84. The minimum atomic E-state index is -0.217. The molecule has 2 fully saturated rings. The van der Waals surface area contributed by atoms with Gasteiger partial charge in [-0.3, -0.25) is 4.79 Å². The lowest BCUT2D eigenvalue weighted by molar-refractivity contribution is 0.0209. The van der Waals surface area contributed by atoms with Gasteiger partial charge in [-0.15, -0.1) is 0 Å². The lowest BCUT2D eigenvalue weighted by Crippen LogP contribution is -2.46. The van der Waals surface area contributed by atoms with Gasteiger partial charge in [0.25, 0.3) is 5.91 Å². The number of aliphatic hydroxyl groups is 1. The molecule has 0 unspecified atom stereocenters. The second-order valence-corrected chi connectivity index (χ2v) is 6.11. The highest BCUT2D eigenvalue weighted by atomic mass is 16.3. The molecule has 19 heavy (non-hydrogen) atoms. The lowest BCUT2D eigenvalue weighted by Gasteiger charge is -2.41. The van der Waals surface area contributed by atoms with Gasteiger partial charge in [-0.05, 0) is 31.1 Å². The molecule has 1 saturated carbocycles. The fraction of sp³-hybridized carbons (Fsp3) is 0.714. The molecule has 1 N–H and O–H groups in total. The number of hydrogen-bond acceptors (Lipinski definition) is 4. The molecule has 1 aliphatic heterocycles. The zero-order valence-electron chi connectivity index (χ0n) is 11.4. The number of hydrogen-bond donors (Lipinski definition) is 1. The Morgan fingerprint density at radius 3 is 3.05 bits per heavy atom. The maximum absolute atomic E-state index is 12.5. The summed E-state index contributed by atoms with van der Waals surface area (Å²) < 4.78 is 5.12. The second-order valence-electron chi connectivity index (χ2n) is 6.11. The number of aryl methyl sites for hydroxylation is 1. The van der Waals surface area contributed by atoms with Gasteiger partial charge in [0.1, 0.15) is 6.26 Å². The number of likely N-dealkylation sites (tertiary alicyclic amines) is 1. The molecule has 5 nitrogen and oxygen atoms in total. The van der Waals surface area contributed by atoms with Crippen LogP contribution < -0.4 is 0 Å². The molecular weight excluding hydrogens is 244 g/mol. The third kappa shape index (κ3) is 2.06. The van der Waals surface area contributed by atoms with E-state index in [4.69, 9.17) is 4.42 Å². The Labute approximate surface area is 112 Å². The van der Waals surface area contributed by atoms with Gasteiger partial charge in [-0.2, -0.15) is 0 Å². The molecule has 2 aliphatic rings. The van der Waals surface area contributed by atoms with Crippen LogP contribution in [0.5, 0.6) is 0 Å². The van der Waals surface area contributed by atoms with Gasteiger partial charge in [0.2, 0.25) is 0 Å². The summed E-state index contributed by atoms with van der Waals surface area (Å²) in [6, 6.07) is 0.223. The monoisotopic (exact) mass is 264 g/mol. The molecule has 0 radical (unpaired) electrons. The first kappa shape index (κ1) is 12.7. The van der Waals surface area contributed by atoms with E-state index in [2.05, 4.69) is 11.9 Å². The number of rotatable bonds is 1. The van der Waals surface area contributed by atoms with Crippen molar-refractivity contribution in [3.05, 3.63) is 17.8 Å². The molecular formula is C14H20N2O3. The van der Waals surface area contributed by atoms with Crippen molar-refractivity contribution in [1.29, 1.82) is 0 Å². The second kappa shape index (κ2) is 4.34. The molecule has 0 aromatic carbocycles. The molecule has 0 spiro atoms. The van der Waals surface area contributed by atoms with Crippen LogP contribution in [-0.2, 0) is 0 Å². The van der Waals surface area contributed by atoms with Crippen molar-refractivity contribution in [1.82, 2.24) is 9.88 Å². The molecule has 1 amide bonds. The molecule has 104 valence electrons. The number of nitrogens with zero attached hydrogens (tertiary/aromatic N) is 2. The Morgan fingerprint density at radius 2 is 2.37 bits per heavy atom. The third-order valence-electron chi connectivity index (χ3n) is 4.68. The van der Waals surface area contributed by atoms with E-state index in [9.17, 15) is 9.90 Å². The first-order valence-electron chi connectivity index (χ1n) is 6.91. The highest BCUT2D eigenvalue weighted by Crippen LogP contribution is 2.46. The maximum Gasteiger partial charge on any atom is 0.276 e. The smallest absolute Gasteiger partial charge is 0.276 e. The first-order valence-corrected chi connectivity index (χ1v) is 6.91. The Bertz CT molecular complexity index is 499. The molecule has 1 saturated heterocycles. The number of oxazole rings is 1. The van der Waals surface area contributed by atoms with Crippen LogP contribution in [0.25, 0.3) is 0 Å². The fourth-order valence-corrected chi connectivity index (χ4v) is 3.66. The van der Waals surface area contributed by atoms with Crippen molar-refractivity contribution >= 4 is 5.91 Å². The molecule has 0 bridgehead atoms. The van der Waals surface area contributed by atoms with Crippen molar-refractivity contribution in [2.45, 2.75) is 51.7 Å². The summed E-state index contributed by atoms with van der Waals surface area (Å²) in [6.07, 6.45) is 4.62. The van der Waals surface area contributed by atoms with Crippen LogP contribution in [0.15, 0.2) is 10.7 Å². The fourth-order valence-electron chi connectivity index (χ4n) is 3.66. The topological polar surface area (TPSA) is 66.6 Å². The average molecular weight is 264 g/mol. The molecule has 1 aliphatic carbocycles. The summed E-state index contributed by atoms with van der Waals surface area (Å²) in [5.41, 5.74) is 0.444. The van der Waals surface area contributed by atoms with Gasteiger partial charge < -0.3 is 14.4 Å². The number of carbonyl (C=O) groups excluding carboxylic acids is 1. The number of aliphatic hydroxyl groups excluding tert-OH is 1. The predicted octanol–water partition coefficient (Wildman–Crippen LogP) is 1.75. The van der Waals surface area contributed by atoms with Crippen LogP contribution in [0.4, 0.5) is 0 Å². The standard InChI is InChI=1S/C14H20N2O3/c1-9-15-11(8-19-9)13(18)16-6-5-14(2)7-10(17)3-4-12(14)16/h8,10,12,17H,3-7H2,1-2H3/t10-,12-,14+/m1/s1. The molecule has 2 heterocycles. The summed E-state index contributed by atoms with van der Waals surface area (Å²) in [5.74, 6) is 0.478. The van der Waals surface area contributed by atoms with E-state index < -0.39 is 0 Å². The maximum atomic E-state index is 12.5. The number of aromatic nitrogens is 1. The van der Waals surface area contributed by atoms with E-state index in [-0.39, 0.29) is 23.5 Å². The summed E-state index contributed by atoms with van der Waals surface area (Å²) in [4.78, 5) is 18.5. The normalized spacial score (nSPS) is 34.4. The minimum Gasteiger partial charge on any atom is -0.448 e. The Hall–Kier alpha value is -1.36. The average Bonchev–Trinajstić information content (AvgIpc) is 2.91. The minimum absolute atomic E-state index is 0.0398. The van der Waals surface area contributed by atoms with E-state index in [1.165, 1.54) is 6.26 Å². The van der Waals surface area contributed by atoms with Crippen LogP contribution >= 0.6 is 0 Å². The summed E-state index contributed by atoms with van der Waals surface area (Å²) in [7, 11) is 0. The van der Waals surface area contributed by atoms with Gasteiger partial charge in [-0.25, -0.2) is 4.98 Å². The Kier molecular flexibility index (Phi) is 2.89. The number of carbonyl (C=O) groups is 1. The first-order chi connectivity index (χ1) is 8.99. The van der Waals surface area contributed by atoms with Gasteiger partial charge in [0.15, 0.2) is 11.6 Å². The van der Waals surface area contributed by atoms with Crippen LogP contribution in [0, 0.1) is 12.3 Å². The van der Waals surface area contributed by atoms with E-state index in [1.807, 2.05) is 4.90 Å². The SMILES string of the molecule is Cc1nc(C(=O)N2CC[C@@]3(C)C[C@H](O)CC[C@@H]23)co1.